The molecule has 0 bridgehead atoms. The molecule has 144 valence electrons. The number of benzene rings is 2. The van der Waals surface area contributed by atoms with Crippen LogP contribution in [0.5, 0.6) is 0 Å². The zero-order valence-corrected chi connectivity index (χ0v) is 17.6. The molecule has 1 fully saturated rings. The number of likely N-dealkylation sites (tertiary alicyclic amines) is 1. The summed E-state index contributed by atoms with van der Waals surface area (Å²) in [6.07, 6.45) is 1.81. The molecule has 1 aliphatic rings. The van der Waals surface area contributed by atoms with Crippen molar-refractivity contribution >= 4 is 49.3 Å². The van der Waals surface area contributed by atoms with Crippen LogP contribution in [0.1, 0.15) is 34.1 Å². The zero-order valence-electron chi connectivity index (χ0n) is 15.2. The topological polar surface area (TPSA) is 62.3 Å². The minimum absolute atomic E-state index is 0.0198. The Bertz CT molecular complexity index is 979. The summed E-state index contributed by atoms with van der Waals surface area (Å²) < 4.78 is 1.93. The molecule has 0 unspecified atom stereocenters. The third kappa shape index (κ3) is 4.10. The van der Waals surface area contributed by atoms with Gasteiger partial charge in [0.25, 0.3) is 5.91 Å². The molecule has 7 heteroatoms. The standard InChI is InChI=1S/C21H20BrN3O2S/c22-16-6-2-1-5-15(16)20(27)23-13-19(26)25-11-9-14(10-12-25)21-24-17-7-3-4-8-18(17)28-21/h1-8,14H,9-13H2,(H,23,27). The number of nitrogens with zero attached hydrogens (tertiary/aromatic N) is 2. The lowest BCUT2D eigenvalue weighted by Crippen LogP contribution is -2.43. The number of piperidine rings is 1. The fraction of sp³-hybridized carbons (Fsp3) is 0.286. The van der Waals surface area contributed by atoms with Gasteiger partial charge in [-0.25, -0.2) is 4.98 Å². The number of rotatable bonds is 4. The molecule has 28 heavy (non-hydrogen) atoms. The van der Waals surface area contributed by atoms with E-state index in [1.165, 1.54) is 4.70 Å². The van der Waals surface area contributed by atoms with Gasteiger partial charge >= 0.3 is 0 Å². The van der Waals surface area contributed by atoms with Crippen molar-refractivity contribution in [3.63, 3.8) is 0 Å². The second kappa shape index (κ2) is 8.41. The number of thiazole rings is 1. The molecule has 0 atom stereocenters. The number of para-hydroxylation sites is 1. The van der Waals surface area contributed by atoms with Crippen LogP contribution in [0.15, 0.2) is 53.0 Å². The Labute approximate surface area is 175 Å². The van der Waals surface area contributed by atoms with Gasteiger partial charge in [0, 0.05) is 23.5 Å². The normalized spacial score (nSPS) is 15.0. The maximum atomic E-state index is 12.5. The van der Waals surface area contributed by atoms with Gasteiger partial charge in [-0.3, -0.25) is 9.59 Å². The molecule has 0 aliphatic carbocycles. The van der Waals surface area contributed by atoms with Crippen LogP contribution in [0.2, 0.25) is 0 Å². The molecular weight excluding hydrogens is 438 g/mol. The Morgan fingerprint density at radius 1 is 1.11 bits per heavy atom. The third-order valence-corrected chi connectivity index (χ3v) is 6.92. The summed E-state index contributed by atoms with van der Waals surface area (Å²) in [7, 11) is 0. The predicted octanol–water partition coefficient (Wildman–Crippen LogP) is 4.19. The molecule has 0 radical (unpaired) electrons. The van der Waals surface area contributed by atoms with Gasteiger partial charge in [-0.2, -0.15) is 0 Å². The average Bonchev–Trinajstić information content (AvgIpc) is 3.16. The Hall–Kier alpha value is -2.25. The van der Waals surface area contributed by atoms with E-state index in [0.29, 0.717) is 24.6 Å². The van der Waals surface area contributed by atoms with Gasteiger partial charge in [0.2, 0.25) is 5.91 Å². The molecule has 1 saturated heterocycles. The lowest BCUT2D eigenvalue weighted by Gasteiger charge is -2.31. The minimum Gasteiger partial charge on any atom is -0.343 e. The Balaban J connectivity index is 1.30. The predicted molar refractivity (Wildman–Crippen MR) is 115 cm³/mol. The van der Waals surface area contributed by atoms with Crippen molar-refractivity contribution in [3.05, 3.63) is 63.6 Å². The van der Waals surface area contributed by atoms with Gasteiger partial charge in [0.15, 0.2) is 0 Å². The molecule has 1 N–H and O–H groups in total. The molecule has 2 heterocycles. The smallest absolute Gasteiger partial charge is 0.252 e. The summed E-state index contributed by atoms with van der Waals surface area (Å²) in [4.78, 5) is 31.3. The van der Waals surface area contributed by atoms with E-state index in [1.54, 1.807) is 23.5 Å². The number of hydrogen-bond donors (Lipinski definition) is 1. The van der Waals surface area contributed by atoms with Crippen LogP contribution in [0.3, 0.4) is 0 Å². The van der Waals surface area contributed by atoms with Crippen molar-refractivity contribution < 1.29 is 9.59 Å². The monoisotopic (exact) mass is 457 g/mol. The average molecular weight is 458 g/mol. The highest BCUT2D eigenvalue weighted by molar-refractivity contribution is 9.10. The summed E-state index contributed by atoms with van der Waals surface area (Å²) in [5, 5.41) is 3.89. The molecule has 1 aliphatic heterocycles. The second-order valence-corrected chi connectivity index (χ2v) is 8.75. The van der Waals surface area contributed by atoms with Gasteiger partial charge in [0.05, 0.1) is 27.3 Å². The minimum atomic E-state index is -0.245. The molecule has 0 spiro atoms. The van der Waals surface area contributed by atoms with Crippen molar-refractivity contribution in [2.45, 2.75) is 18.8 Å². The molecule has 4 rings (SSSR count). The lowest BCUT2D eigenvalue weighted by atomic mass is 9.97. The number of fused-ring (bicyclic) bond motifs is 1. The molecule has 5 nitrogen and oxygen atoms in total. The van der Waals surface area contributed by atoms with E-state index in [4.69, 9.17) is 4.98 Å². The number of aromatic nitrogens is 1. The van der Waals surface area contributed by atoms with E-state index < -0.39 is 0 Å². The van der Waals surface area contributed by atoms with Crippen LogP contribution in [-0.4, -0.2) is 41.3 Å². The summed E-state index contributed by atoms with van der Waals surface area (Å²) in [6, 6.07) is 15.4. The first-order valence-electron chi connectivity index (χ1n) is 9.28. The summed E-state index contributed by atoms with van der Waals surface area (Å²) in [6.45, 7) is 1.42. The molecular formula is C21H20BrN3O2S. The van der Waals surface area contributed by atoms with Crippen molar-refractivity contribution in [3.8, 4) is 0 Å². The number of nitrogens with one attached hydrogen (secondary N) is 1. The van der Waals surface area contributed by atoms with Crippen LogP contribution >= 0.6 is 27.3 Å². The SMILES string of the molecule is O=C(NCC(=O)N1CCC(c2nc3ccccc3s2)CC1)c1ccccc1Br. The van der Waals surface area contributed by atoms with Crippen molar-refractivity contribution in [2.75, 3.05) is 19.6 Å². The van der Waals surface area contributed by atoms with Gasteiger partial charge in [0.1, 0.15) is 0 Å². The maximum Gasteiger partial charge on any atom is 0.252 e. The first kappa shape index (κ1) is 19.1. The van der Waals surface area contributed by atoms with Crippen LogP contribution in [0, 0.1) is 0 Å². The van der Waals surface area contributed by atoms with E-state index in [2.05, 4.69) is 27.3 Å². The fourth-order valence-electron chi connectivity index (χ4n) is 3.45. The van der Waals surface area contributed by atoms with Crippen LogP contribution < -0.4 is 5.32 Å². The lowest BCUT2D eigenvalue weighted by molar-refractivity contribution is -0.131. The van der Waals surface area contributed by atoms with Crippen molar-refractivity contribution in [2.24, 2.45) is 0 Å². The summed E-state index contributed by atoms with van der Waals surface area (Å²) >= 11 is 5.11. The molecule has 3 aromatic rings. The fourth-order valence-corrected chi connectivity index (χ4v) is 5.05. The molecule has 1 aromatic heterocycles. The van der Waals surface area contributed by atoms with E-state index in [1.807, 2.05) is 35.2 Å². The largest absolute Gasteiger partial charge is 0.343 e. The van der Waals surface area contributed by atoms with Gasteiger partial charge in [-0.15, -0.1) is 11.3 Å². The highest BCUT2D eigenvalue weighted by Crippen LogP contribution is 2.33. The first-order chi connectivity index (χ1) is 13.6. The van der Waals surface area contributed by atoms with Gasteiger partial charge < -0.3 is 10.2 Å². The summed E-state index contributed by atoms with van der Waals surface area (Å²) in [5.41, 5.74) is 1.58. The first-order valence-corrected chi connectivity index (χ1v) is 10.9. The quantitative estimate of drug-likeness (QED) is 0.638. The highest BCUT2D eigenvalue weighted by Gasteiger charge is 2.26. The van der Waals surface area contributed by atoms with Crippen LogP contribution in [-0.2, 0) is 4.79 Å². The Morgan fingerprint density at radius 3 is 2.57 bits per heavy atom. The van der Waals surface area contributed by atoms with Crippen molar-refractivity contribution in [1.82, 2.24) is 15.2 Å². The number of carbonyl (C=O) groups excluding carboxylic acids is 2. The van der Waals surface area contributed by atoms with E-state index in [9.17, 15) is 9.59 Å². The van der Waals surface area contributed by atoms with Gasteiger partial charge in [-0.05, 0) is 53.0 Å². The van der Waals surface area contributed by atoms with E-state index in [-0.39, 0.29) is 18.4 Å². The van der Waals surface area contributed by atoms with Crippen LogP contribution in [0.25, 0.3) is 10.2 Å². The molecule has 2 aromatic carbocycles. The maximum absolute atomic E-state index is 12.5. The van der Waals surface area contributed by atoms with E-state index >= 15 is 0 Å². The van der Waals surface area contributed by atoms with E-state index in [0.717, 1.165) is 27.8 Å². The number of hydrogen-bond acceptors (Lipinski definition) is 4. The second-order valence-electron chi connectivity index (χ2n) is 6.84. The molecule has 0 saturated carbocycles. The van der Waals surface area contributed by atoms with Crippen LogP contribution in [0.4, 0.5) is 0 Å². The molecule has 2 amide bonds. The van der Waals surface area contributed by atoms with Crippen molar-refractivity contribution in [1.29, 1.82) is 0 Å². The number of amides is 2. The third-order valence-electron chi connectivity index (χ3n) is 5.03. The zero-order chi connectivity index (χ0) is 19.5. The highest BCUT2D eigenvalue weighted by atomic mass is 79.9. The summed E-state index contributed by atoms with van der Waals surface area (Å²) in [5.74, 6) is 0.115. The number of carbonyl (C=O) groups is 2. The Kier molecular flexibility index (Phi) is 5.73. The van der Waals surface area contributed by atoms with Gasteiger partial charge in [-0.1, -0.05) is 24.3 Å². The number of halogens is 1. The Morgan fingerprint density at radius 2 is 1.82 bits per heavy atom.